The summed E-state index contributed by atoms with van der Waals surface area (Å²) in [5, 5.41) is 2.68. The van der Waals surface area contributed by atoms with Crippen LogP contribution in [-0.2, 0) is 19.1 Å². The van der Waals surface area contributed by atoms with E-state index in [-0.39, 0.29) is 5.91 Å². The molecular weight excluding hydrogens is 246 g/mol. The molecule has 1 heterocycles. The normalized spacial score (nSPS) is 20.7. The summed E-state index contributed by atoms with van der Waals surface area (Å²) < 4.78 is 10.0. The number of amides is 1. The van der Waals surface area contributed by atoms with Crippen LogP contribution in [-0.4, -0.2) is 30.7 Å². The number of carbonyl (C=O) groups is 2. The zero-order valence-corrected chi connectivity index (χ0v) is 10.8. The molecule has 1 aromatic carbocycles. The lowest BCUT2D eigenvalue weighted by atomic mass is 10.2. The van der Waals surface area contributed by atoms with Crippen molar-refractivity contribution in [2.24, 2.45) is 0 Å². The number of para-hydroxylation sites is 1. The van der Waals surface area contributed by atoms with Gasteiger partial charge in [0.05, 0.1) is 6.61 Å². The lowest BCUT2D eigenvalue weighted by molar-refractivity contribution is -0.145. The van der Waals surface area contributed by atoms with Crippen molar-refractivity contribution in [3.05, 3.63) is 30.3 Å². The van der Waals surface area contributed by atoms with Gasteiger partial charge in [-0.1, -0.05) is 31.5 Å². The van der Waals surface area contributed by atoms with Gasteiger partial charge in [0, 0.05) is 5.69 Å². The van der Waals surface area contributed by atoms with Gasteiger partial charge in [-0.2, -0.15) is 0 Å². The fraction of sp³-hybridized carbons (Fsp3) is 0.429. The number of epoxide rings is 1. The molecule has 1 fully saturated rings. The number of anilines is 1. The first kappa shape index (κ1) is 13.5. The highest BCUT2D eigenvalue weighted by molar-refractivity contribution is 6.00. The fourth-order valence-electron chi connectivity index (χ4n) is 1.63. The maximum atomic E-state index is 11.8. The number of nitrogens with one attached hydrogen (secondary N) is 1. The van der Waals surface area contributed by atoms with Crippen LogP contribution in [0.3, 0.4) is 0 Å². The van der Waals surface area contributed by atoms with Gasteiger partial charge in [-0.15, -0.1) is 0 Å². The van der Waals surface area contributed by atoms with E-state index < -0.39 is 18.2 Å². The minimum Gasteiger partial charge on any atom is -0.464 e. The maximum Gasteiger partial charge on any atom is 0.338 e. The molecule has 5 nitrogen and oxygen atoms in total. The third-order valence-corrected chi connectivity index (χ3v) is 2.77. The quantitative estimate of drug-likeness (QED) is 0.482. The Labute approximate surface area is 111 Å². The number of rotatable bonds is 6. The van der Waals surface area contributed by atoms with E-state index in [9.17, 15) is 9.59 Å². The van der Waals surface area contributed by atoms with Crippen molar-refractivity contribution in [1.82, 2.24) is 0 Å². The van der Waals surface area contributed by atoms with Crippen LogP contribution in [0.5, 0.6) is 0 Å². The smallest absolute Gasteiger partial charge is 0.338 e. The molecule has 2 rings (SSSR count). The van der Waals surface area contributed by atoms with Gasteiger partial charge in [-0.25, -0.2) is 4.79 Å². The van der Waals surface area contributed by atoms with Crippen LogP contribution in [0.1, 0.15) is 19.8 Å². The van der Waals surface area contributed by atoms with Gasteiger partial charge in [-0.3, -0.25) is 4.79 Å². The Hall–Kier alpha value is -1.88. The van der Waals surface area contributed by atoms with Crippen LogP contribution in [0.2, 0.25) is 0 Å². The Bertz CT molecular complexity index is 446. The standard InChI is InChI=1S/C14H17NO4/c1-2-3-9-18-14(17)12-11(19-12)13(16)15-10-7-5-4-6-8-10/h4-8,11-12H,2-3,9H2,1H3,(H,15,16). The molecule has 0 radical (unpaired) electrons. The van der Waals surface area contributed by atoms with Crippen LogP contribution in [0.4, 0.5) is 5.69 Å². The summed E-state index contributed by atoms with van der Waals surface area (Å²) in [6.45, 7) is 2.39. The monoisotopic (exact) mass is 263 g/mol. The number of benzene rings is 1. The summed E-state index contributed by atoms with van der Waals surface area (Å²) >= 11 is 0. The van der Waals surface area contributed by atoms with Gasteiger partial charge in [0.25, 0.3) is 5.91 Å². The van der Waals surface area contributed by atoms with E-state index in [0.717, 1.165) is 12.8 Å². The average Bonchev–Trinajstić information content (AvgIpc) is 3.20. The van der Waals surface area contributed by atoms with Crippen LogP contribution >= 0.6 is 0 Å². The Balaban J connectivity index is 1.76. The predicted octanol–water partition coefficient (Wildman–Crippen LogP) is 1.74. The number of hydrogen-bond donors (Lipinski definition) is 1. The Kier molecular flexibility index (Phi) is 4.52. The second-order valence-electron chi connectivity index (χ2n) is 4.35. The molecule has 102 valence electrons. The van der Waals surface area contributed by atoms with Crippen molar-refractivity contribution in [2.75, 3.05) is 11.9 Å². The molecular formula is C14H17NO4. The number of esters is 1. The number of unbranched alkanes of at least 4 members (excludes halogenated alkanes) is 1. The third kappa shape index (κ3) is 3.79. The van der Waals surface area contributed by atoms with Crippen molar-refractivity contribution in [3.63, 3.8) is 0 Å². The molecule has 5 heteroatoms. The number of carbonyl (C=O) groups excluding carboxylic acids is 2. The first-order chi connectivity index (χ1) is 9.22. The zero-order chi connectivity index (χ0) is 13.7. The topological polar surface area (TPSA) is 67.9 Å². The van der Waals surface area contributed by atoms with Gasteiger partial charge in [0.15, 0.2) is 12.2 Å². The molecule has 0 bridgehead atoms. The summed E-state index contributed by atoms with van der Waals surface area (Å²) in [6, 6.07) is 9.04. The van der Waals surface area contributed by atoms with Gasteiger partial charge < -0.3 is 14.8 Å². The molecule has 1 aliphatic heterocycles. The SMILES string of the molecule is CCCCOC(=O)C1OC1C(=O)Nc1ccccc1. The van der Waals surface area contributed by atoms with Crippen LogP contribution in [0.25, 0.3) is 0 Å². The van der Waals surface area contributed by atoms with E-state index in [1.54, 1.807) is 12.1 Å². The summed E-state index contributed by atoms with van der Waals surface area (Å²) in [7, 11) is 0. The van der Waals surface area contributed by atoms with Gasteiger partial charge in [0.1, 0.15) is 0 Å². The second kappa shape index (κ2) is 6.33. The Morgan fingerprint density at radius 1 is 1.26 bits per heavy atom. The molecule has 0 saturated carbocycles. The molecule has 2 atom stereocenters. The van der Waals surface area contributed by atoms with E-state index in [2.05, 4.69) is 5.32 Å². The Morgan fingerprint density at radius 2 is 2.00 bits per heavy atom. The van der Waals surface area contributed by atoms with Crippen LogP contribution in [0, 0.1) is 0 Å². The molecule has 1 aromatic rings. The molecule has 0 spiro atoms. The van der Waals surface area contributed by atoms with Crippen molar-refractivity contribution in [1.29, 1.82) is 0 Å². The van der Waals surface area contributed by atoms with E-state index in [1.807, 2.05) is 25.1 Å². The molecule has 1 aliphatic rings. The Morgan fingerprint density at radius 3 is 2.68 bits per heavy atom. The van der Waals surface area contributed by atoms with Gasteiger partial charge in [0.2, 0.25) is 0 Å². The van der Waals surface area contributed by atoms with Crippen molar-refractivity contribution < 1.29 is 19.1 Å². The van der Waals surface area contributed by atoms with E-state index >= 15 is 0 Å². The van der Waals surface area contributed by atoms with Crippen LogP contribution in [0.15, 0.2) is 30.3 Å². The van der Waals surface area contributed by atoms with E-state index in [1.165, 1.54) is 0 Å². The van der Waals surface area contributed by atoms with Crippen LogP contribution < -0.4 is 5.32 Å². The van der Waals surface area contributed by atoms with Gasteiger partial charge in [-0.05, 0) is 18.6 Å². The zero-order valence-electron chi connectivity index (χ0n) is 10.8. The maximum absolute atomic E-state index is 11.8. The summed E-state index contributed by atoms with van der Waals surface area (Å²) in [4.78, 5) is 23.3. The lowest BCUT2D eigenvalue weighted by Crippen LogP contribution is -2.24. The minimum atomic E-state index is -0.749. The minimum absolute atomic E-state index is 0.316. The first-order valence-corrected chi connectivity index (χ1v) is 6.40. The fourth-order valence-corrected chi connectivity index (χ4v) is 1.63. The predicted molar refractivity (Wildman–Crippen MR) is 69.6 cm³/mol. The largest absolute Gasteiger partial charge is 0.464 e. The average molecular weight is 263 g/mol. The van der Waals surface area contributed by atoms with E-state index in [4.69, 9.17) is 9.47 Å². The molecule has 19 heavy (non-hydrogen) atoms. The highest BCUT2D eigenvalue weighted by Gasteiger charge is 2.51. The highest BCUT2D eigenvalue weighted by Crippen LogP contribution is 2.25. The second-order valence-corrected chi connectivity index (χ2v) is 4.35. The molecule has 1 saturated heterocycles. The summed E-state index contributed by atoms with van der Waals surface area (Å²) in [5.41, 5.74) is 0.682. The van der Waals surface area contributed by atoms with Gasteiger partial charge >= 0.3 is 5.97 Å². The molecule has 1 N–H and O–H groups in total. The summed E-state index contributed by atoms with van der Waals surface area (Å²) in [6.07, 6.45) is 0.297. The number of ether oxygens (including phenoxy) is 2. The first-order valence-electron chi connectivity index (χ1n) is 6.40. The highest BCUT2D eigenvalue weighted by atomic mass is 16.6. The third-order valence-electron chi connectivity index (χ3n) is 2.77. The van der Waals surface area contributed by atoms with Crippen molar-refractivity contribution >= 4 is 17.6 Å². The van der Waals surface area contributed by atoms with E-state index in [0.29, 0.717) is 12.3 Å². The summed E-state index contributed by atoms with van der Waals surface area (Å²) in [5.74, 6) is -0.773. The molecule has 0 aliphatic carbocycles. The van der Waals surface area contributed by atoms with Crippen molar-refractivity contribution in [3.8, 4) is 0 Å². The molecule has 0 aromatic heterocycles. The van der Waals surface area contributed by atoms with Crippen molar-refractivity contribution in [2.45, 2.75) is 32.0 Å². The molecule has 1 amide bonds. The molecule has 2 unspecified atom stereocenters. The lowest BCUT2D eigenvalue weighted by Gasteiger charge is -2.02. The number of hydrogen-bond acceptors (Lipinski definition) is 4.